The van der Waals surface area contributed by atoms with Crippen LogP contribution in [-0.4, -0.2) is 37.2 Å². The van der Waals surface area contributed by atoms with Crippen LogP contribution in [0, 0.1) is 0 Å². The van der Waals surface area contributed by atoms with Gasteiger partial charge in [0.2, 0.25) is 0 Å². The van der Waals surface area contributed by atoms with Crippen molar-refractivity contribution in [1.82, 2.24) is 4.90 Å². The quantitative estimate of drug-likeness (QED) is 0.843. The zero-order valence-electron chi connectivity index (χ0n) is 8.53. The lowest BCUT2D eigenvalue weighted by atomic mass is 10.1. The summed E-state index contributed by atoms with van der Waals surface area (Å²) < 4.78 is 5.56. The molecule has 15 heavy (non-hydrogen) atoms. The number of nitrogens with two attached hydrogens (primary N) is 1. The van der Waals surface area contributed by atoms with E-state index in [-0.39, 0.29) is 0 Å². The average molecular weight is 227 g/mol. The highest BCUT2D eigenvalue weighted by Gasteiger charge is 2.21. The van der Waals surface area contributed by atoms with Gasteiger partial charge in [-0.1, -0.05) is 17.7 Å². The van der Waals surface area contributed by atoms with E-state index in [4.69, 9.17) is 22.1 Å². The van der Waals surface area contributed by atoms with Crippen molar-refractivity contribution < 1.29 is 4.74 Å². The maximum Gasteiger partial charge on any atom is 0.120 e. The topological polar surface area (TPSA) is 38.5 Å². The van der Waals surface area contributed by atoms with Crippen LogP contribution in [0.3, 0.4) is 0 Å². The fourth-order valence-corrected chi connectivity index (χ4v) is 1.82. The van der Waals surface area contributed by atoms with Gasteiger partial charge in [0.05, 0.1) is 0 Å². The van der Waals surface area contributed by atoms with Gasteiger partial charge in [-0.3, -0.25) is 4.90 Å². The Balaban J connectivity index is 1.69. The monoisotopic (exact) mass is 226 g/mol. The summed E-state index contributed by atoms with van der Waals surface area (Å²) >= 11 is 5.84. The molecule has 0 aliphatic carbocycles. The van der Waals surface area contributed by atoms with Gasteiger partial charge in [-0.05, 0) is 18.2 Å². The number of halogens is 1. The normalized spacial score (nSPS) is 17.5. The van der Waals surface area contributed by atoms with Gasteiger partial charge in [-0.25, -0.2) is 0 Å². The van der Waals surface area contributed by atoms with Gasteiger partial charge in [0.1, 0.15) is 12.4 Å². The third-order valence-corrected chi connectivity index (χ3v) is 2.69. The van der Waals surface area contributed by atoms with E-state index >= 15 is 0 Å². The lowest BCUT2D eigenvalue weighted by Gasteiger charge is -2.36. The molecule has 2 N–H and O–H groups in total. The first-order valence-corrected chi connectivity index (χ1v) is 5.48. The molecule has 82 valence electrons. The van der Waals surface area contributed by atoms with Gasteiger partial charge in [-0.2, -0.15) is 0 Å². The summed E-state index contributed by atoms with van der Waals surface area (Å²) in [5, 5.41) is 0.707. The first-order chi connectivity index (χ1) is 7.24. The summed E-state index contributed by atoms with van der Waals surface area (Å²) in [7, 11) is 0. The molecule has 1 aliphatic rings. The molecule has 4 heteroatoms. The van der Waals surface area contributed by atoms with Gasteiger partial charge in [0, 0.05) is 30.7 Å². The number of ether oxygens (including phenoxy) is 1. The van der Waals surface area contributed by atoms with E-state index < -0.39 is 0 Å². The summed E-state index contributed by atoms with van der Waals surface area (Å²) in [4.78, 5) is 2.27. The Hall–Kier alpha value is -0.770. The number of nitrogens with zero attached hydrogens (tertiary/aromatic N) is 1. The van der Waals surface area contributed by atoms with E-state index in [1.54, 1.807) is 0 Å². The molecule has 0 amide bonds. The molecule has 3 nitrogen and oxygen atoms in total. The SMILES string of the molecule is NC1CN(CCOc2cccc(Cl)c2)C1. The summed E-state index contributed by atoms with van der Waals surface area (Å²) in [6.07, 6.45) is 0. The summed E-state index contributed by atoms with van der Waals surface area (Å²) in [6.45, 7) is 3.59. The molecule has 1 saturated heterocycles. The summed E-state index contributed by atoms with van der Waals surface area (Å²) in [5.74, 6) is 0.826. The Bertz CT molecular complexity index is 326. The molecular formula is C11H15ClN2O. The predicted octanol–water partition coefficient (Wildman–Crippen LogP) is 1.36. The molecule has 1 fully saturated rings. The third-order valence-electron chi connectivity index (χ3n) is 2.46. The van der Waals surface area contributed by atoms with Crippen LogP contribution < -0.4 is 10.5 Å². The molecule has 0 aromatic heterocycles. The molecule has 1 aromatic carbocycles. The Labute approximate surface area is 94.8 Å². The Morgan fingerprint density at radius 1 is 1.47 bits per heavy atom. The second-order valence-corrected chi connectivity index (χ2v) is 4.26. The van der Waals surface area contributed by atoms with Crippen LogP contribution in [0.1, 0.15) is 0 Å². The second-order valence-electron chi connectivity index (χ2n) is 3.83. The van der Waals surface area contributed by atoms with Crippen LogP contribution in [0.25, 0.3) is 0 Å². The molecule has 0 bridgehead atoms. The van der Waals surface area contributed by atoms with Gasteiger partial charge in [-0.15, -0.1) is 0 Å². The molecule has 2 rings (SSSR count). The van der Waals surface area contributed by atoms with Crippen molar-refractivity contribution in [2.24, 2.45) is 5.73 Å². The second kappa shape index (κ2) is 4.84. The summed E-state index contributed by atoms with van der Waals surface area (Å²) in [5.41, 5.74) is 5.67. The van der Waals surface area contributed by atoms with Gasteiger partial charge < -0.3 is 10.5 Å². The van der Waals surface area contributed by atoms with Crippen molar-refractivity contribution in [2.45, 2.75) is 6.04 Å². The highest BCUT2D eigenvalue weighted by atomic mass is 35.5. The Morgan fingerprint density at radius 3 is 2.93 bits per heavy atom. The number of hydrogen-bond donors (Lipinski definition) is 1. The van der Waals surface area contributed by atoms with Crippen molar-refractivity contribution >= 4 is 11.6 Å². The smallest absolute Gasteiger partial charge is 0.120 e. The molecule has 1 aliphatic heterocycles. The maximum absolute atomic E-state index is 5.84. The lowest BCUT2D eigenvalue weighted by Crippen LogP contribution is -2.56. The molecule has 1 heterocycles. The van der Waals surface area contributed by atoms with Crippen molar-refractivity contribution in [3.63, 3.8) is 0 Å². The first-order valence-electron chi connectivity index (χ1n) is 5.10. The molecular weight excluding hydrogens is 212 g/mol. The summed E-state index contributed by atoms with van der Waals surface area (Å²) in [6, 6.07) is 7.81. The first kappa shape index (κ1) is 10.7. The molecule has 0 saturated carbocycles. The fraction of sp³-hybridized carbons (Fsp3) is 0.455. The number of benzene rings is 1. The van der Waals surface area contributed by atoms with Gasteiger partial charge in [0.25, 0.3) is 0 Å². The fourth-order valence-electron chi connectivity index (χ4n) is 1.64. The van der Waals surface area contributed by atoms with E-state index in [1.165, 1.54) is 0 Å². The van der Waals surface area contributed by atoms with Crippen LogP contribution in [0.15, 0.2) is 24.3 Å². The minimum absolute atomic E-state index is 0.358. The maximum atomic E-state index is 5.84. The number of rotatable bonds is 4. The van der Waals surface area contributed by atoms with Crippen LogP contribution in [0.5, 0.6) is 5.75 Å². The van der Waals surface area contributed by atoms with Crippen molar-refractivity contribution in [2.75, 3.05) is 26.2 Å². The minimum atomic E-state index is 0.358. The predicted molar refractivity (Wildman–Crippen MR) is 61.4 cm³/mol. The lowest BCUT2D eigenvalue weighted by molar-refractivity contribution is 0.124. The zero-order valence-corrected chi connectivity index (χ0v) is 9.28. The van der Waals surface area contributed by atoms with E-state index in [0.717, 1.165) is 25.4 Å². The highest BCUT2D eigenvalue weighted by Crippen LogP contribution is 2.17. The number of likely N-dealkylation sites (tertiary alicyclic amines) is 1. The molecule has 1 aromatic rings. The van der Waals surface area contributed by atoms with E-state index in [1.807, 2.05) is 24.3 Å². The van der Waals surface area contributed by atoms with Gasteiger partial charge in [0.15, 0.2) is 0 Å². The molecule has 0 unspecified atom stereocenters. The highest BCUT2D eigenvalue weighted by molar-refractivity contribution is 6.30. The molecule has 0 spiro atoms. The van der Waals surface area contributed by atoms with E-state index in [2.05, 4.69) is 4.90 Å². The number of hydrogen-bond acceptors (Lipinski definition) is 3. The van der Waals surface area contributed by atoms with Crippen LogP contribution >= 0.6 is 11.6 Å². The standard InChI is InChI=1S/C11H15ClN2O/c12-9-2-1-3-11(6-9)15-5-4-14-7-10(13)8-14/h1-3,6,10H,4-5,7-8,13H2. The van der Waals surface area contributed by atoms with Crippen molar-refractivity contribution in [3.05, 3.63) is 29.3 Å². The van der Waals surface area contributed by atoms with Crippen LogP contribution in [-0.2, 0) is 0 Å². The van der Waals surface area contributed by atoms with E-state index in [9.17, 15) is 0 Å². The van der Waals surface area contributed by atoms with Crippen molar-refractivity contribution in [3.8, 4) is 5.75 Å². The Kier molecular flexibility index (Phi) is 3.46. The van der Waals surface area contributed by atoms with Crippen molar-refractivity contribution in [1.29, 1.82) is 0 Å². The van der Waals surface area contributed by atoms with Crippen LogP contribution in [0.4, 0.5) is 0 Å². The zero-order chi connectivity index (χ0) is 10.7. The molecule has 0 radical (unpaired) electrons. The van der Waals surface area contributed by atoms with E-state index in [0.29, 0.717) is 17.7 Å². The van der Waals surface area contributed by atoms with Crippen LogP contribution in [0.2, 0.25) is 5.02 Å². The minimum Gasteiger partial charge on any atom is -0.492 e. The molecule has 0 atom stereocenters. The van der Waals surface area contributed by atoms with Gasteiger partial charge >= 0.3 is 0 Å². The average Bonchev–Trinajstić information content (AvgIpc) is 2.15. The third kappa shape index (κ3) is 3.09. The largest absolute Gasteiger partial charge is 0.492 e. The Morgan fingerprint density at radius 2 is 2.27 bits per heavy atom.